The second-order valence-corrected chi connectivity index (χ2v) is 3.52. The first kappa shape index (κ1) is 8.57. The summed E-state index contributed by atoms with van der Waals surface area (Å²) in [6, 6.07) is 6.71. The lowest BCUT2D eigenvalue weighted by Crippen LogP contribution is -2.20. The summed E-state index contributed by atoms with van der Waals surface area (Å²) in [6.07, 6.45) is 0. The van der Waals surface area contributed by atoms with Crippen molar-refractivity contribution in [1.82, 2.24) is 5.32 Å². The van der Waals surface area contributed by atoms with Crippen LogP contribution in [0.3, 0.4) is 0 Å². The van der Waals surface area contributed by atoms with E-state index in [0.29, 0.717) is 6.04 Å². The van der Waals surface area contributed by atoms with Gasteiger partial charge in [-0.25, -0.2) is 0 Å². The number of aryl methyl sites for hydroxylation is 1. The fourth-order valence-corrected chi connectivity index (χ4v) is 1.75. The Morgan fingerprint density at radius 3 is 3.15 bits per heavy atom. The van der Waals surface area contributed by atoms with E-state index in [2.05, 4.69) is 37.4 Å². The minimum atomic E-state index is 0.400. The van der Waals surface area contributed by atoms with Crippen LogP contribution in [0, 0.1) is 6.92 Å². The predicted molar refractivity (Wildman–Crippen MR) is 53.1 cm³/mol. The molecule has 0 amide bonds. The molecule has 0 spiro atoms. The van der Waals surface area contributed by atoms with Crippen molar-refractivity contribution in [2.24, 2.45) is 0 Å². The van der Waals surface area contributed by atoms with Crippen molar-refractivity contribution < 1.29 is 4.74 Å². The number of para-hydroxylation sites is 1. The molecule has 0 fully saturated rings. The van der Waals surface area contributed by atoms with Crippen LogP contribution in [0.5, 0.6) is 5.75 Å². The Morgan fingerprint density at radius 1 is 1.46 bits per heavy atom. The van der Waals surface area contributed by atoms with Crippen LogP contribution in [-0.4, -0.2) is 13.2 Å². The zero-order valence-corrected chi connectivity index (χ0v) is 8.13. The van der Waals surface area contributed by atoms with Crippen molar-refractivity contribution in [3.63, 3.8) is 0 Å². The Balaban J connectivity index is 2.47. The van der Waals surface area contributed by atoms with Gasteiger partial charge in [0.2, 0.25) is 0 Å². The molecule has 1 atom stereocenters. The van der Waals surface area contributed by atoms with Crippen LogP contribution in [0.1, 0.15) is 24.1 Å². The first-order valence-corrected chi connectivity index (χ1v) is 4.75. The summed E-state index contributed by atoms with van der Waals surface area (Å²) in [4.78, 5) is 0. The van der Waals surface area contributed by atoms with Crippen molar-refractivity contribution in [2.45, 2.75) is 19.9 Å². The Kier molecular flexibility index (Phi) is 2.23. The zero-order chi connectivity index (χ0) is 9.26. The minimum Gasteiger partial charge on any atom is -0.492 e. The highest BCUT2D eigenvalue weighted by molar-refractivity contribution is 5.42. The van der Waals surface area contributed by atoms with Gasteiger partial charge < -0.3 is 10.1 Å². The zero-order valence-electron chi connectivity index (χ0n) is 8.13. The molecule has 0 aromatic heterocycles. The standard InChI is InChI=1S/C11H15NO/c1-8-4-3-5-10-9(2)12-6-7-13-11(8)10/h3-5,9,12H,6-7H2,1-2H3. The quantitative estimate of drug-likeness (QED) is 0.654. The summed E-state index contributed by atoms with van der Waals surface area (Å²) in [7, 11) is 0. The van der Waals surface area contributed by atoms with Crippen LogP contribution in [0.2, 0.25) is 0 Å². The fraction of sp³-hybridized carbons (Fsp3) is 0.455. The average molecular weight is 177 g/mol. The lowest BCUT2D eigenvalue weighted by atomic mass is 10.0. The SMILES string of the molecule is Cc1cccc2c1OCCNC2C. The van der Waals surface area contributed by atoms with Crippen molar-refractivity contribution in [1.29, 1.82) is 0 Å². The van der Waals surface area contributed by atoms with Crippen LogP contribution in [0.15, 0.2) is 18.2 Å². The molecule has 2 heteroatoms. The second kappa shape index (κ2) is 3.38. The van der Waals surface area contributed by atoms with Crippen LogP contribution in [-0.2, 0) is 0 Å². The van der Waals surface area contributed by atoms with Gasteiger partial charge in [-0.2, -0.15) is 0 Å². The summed E-state index contributed by atoms with van der Waals surface area (Å²) in [5, 5.41) is 3.40. The average Bonchev–Trinajstić information content (AvgIpc) is 2.30. The van der Waals surface area contributed by atoms with E-state index in [-0.39, 0.29) is 0 Å². The maximum atomic E-state index is 5.69. The van der Waals surface area contributed by atoms with Crippen LogP contribution >= 0.6 is 0 Å². The van der Waals surface area contributed by atoms with E-state index in [1.807, 2.05) is 0 Å². The Labute approximate surface area is 78.9 Å². The van der Waals surface area contributed by atoms with Gasteiger partial charge in [-0.15, -0.1) is 0 Å². The van der Waals surface area contributed by atoms with Crippen molar-refractivity contribution in [3.8, 4) is 5.75 Å². The fourth-order valence-electron chi connectivity index (χ4n) is 1.75. The third-order valence-electron chi connectivity index (χ3n) is 2.51. The number of fused-ring (bicyclic) bond motifs is 1. The minimum absolute atomic E-state index is 0.400. The number of hydrogen-bond acceptors (Lipinski definition) is 2. The summed E-state index contributed by atoms with van der Waals surface area (Å²) < 4.78 is 5.69. The molecule has 0 saturated heterocycles. The lowest BCUT2D eigenvalue weighted by Gasteiger charge is -2.13. The summed E-state index contributed by atoms with van der Waals surface area (Å²) in [5.41, 5.74) is 2.51. The van der Waals surface area contributed by atoms with Crippen molar-refractivity contribution >= 4 is 0 Å². The number of ether oxygens (including phenoxy) is 1. The van der Waals surface area contributed by atoms with Gasteiger partial charge in [0.05, 0.1) is 0 Å². The molecule has 2 rings (SSSR count). The van der Waals surface area contributed by atoms with Gasteiger partial charge in [0.1, 0.15) is 12.4 Å². The largest absolute Gasteiger partial charge is 0.492 e. The molecular weight excluding hydrogens is 162 g/mol. The van der Waals surface area contributed by atoms with Gasteiger partial charge in [-0.05, 0) is 19.4 Å². The van der Waals surface area contributed by atoms with E-state index in [1.165, 1.54) is 11.1 Å². The topological polar surface area (TPSA) is 21.3 Å². The number of benzene rings is 1. The monoisotopic (exact) mass is 177 g/mol. The van der Waals surface area contributed by atoms with Crippen LogP contribution < -0.4 is 10.1 Å². The molecule has 1 aliphatic heterocycles. The van der Waals surface area contributed by atoms with Gasteiger partial charge in [-0.1, -0.05) is 18.2 Å². The highest BCUT2D eigenvalue weighted by Gasteiger charge is 2.15. The molecular formula is C11H15NO. The smallest absolute Gasteiger partial charge is 0.127 e. The van der Waals surface area contributed by atoms with Gasteiger partial charge in [0, 0.05) is 18.2 Å². The third-order valence-corrected chi connectivity index (χ3v) is 2.51. The first-order chi connectivity index (χ1) is 6.29. The molecule has 0 saturated carbocycles. The number of rotatable bonds is 0. The molecule has 70 valence electrons. The first-order valence-electron chi connectivity index (χ1n) is 4.75. The molecule has 1 unspecified atom stereocenters. The molecule has 1 aromatic rings. The number of nitrogens with one attached hydrogen (secondary N) is 1. The molecule has 1 aromatic carbocycles. The third kappa shape index (κ3) is 1.54. The maximum Gasteiger partial charge on any atom is 0.127 e. The Hall–Kier alpha value is -1.02. The highest BCUT2D eigenvalue weighted by atomic mass is 16.5. The summed E-state index contributed by atoms with van der Waals surface area (Å²) in [6.45, 7) is 5.96. The molecule has 0 bridgehead atoms. The van der Waals surface area contributed by atoms with E-state index in [9.17, 15) is 0 Å². The van der Waals surface area contributed by atoms with Gasteiger partial charge in [0.15, 0.2) is 0 Å². The van der Waals surface area contributed by atoms with E-state index >= 15 is 0 Å². The number of hydrogen-bond donors (Lipinski definition) is 1. The summed E-state index contributed by atoms with van der Waals surface area (Å²) >= 11 is 0. The molecule has 2 nitrogen and oxygen atoms in total. The van der Waals surface area contributed by atoms with E-state index in [1.54, 1.807) is 0 Å². The van der Waals surface area contributed by atoms with Crippen molar-refractivity contribution in [3.05, 3.63) is 29.3 Å². The van der Waals surface area contributed by atoms with Crippen LogP contribution in [0.4, 0.5) is 0 Å². The van der Waals surface area contributed by atoms with Crippen LogP contribution in [0.25, 0.3) is 0 Å². The maximum absolute atomic E-state index is 5.69. The molecule has 0 aliphatic carbocycles. The summed E-state index contributed by atoms with van der Waals surface area (Å²) in [5.74, 6) is 1.07. The van der Waals surface area contributed by atoms with Gasteiger partial charge in [-0.3, -0.25) is 0 Å². The predicted octanol–water partition coefficient (Wildman–Crippen LogP) is 2.04. The Morgan fingerprint density at radius 2 is 2.31 bits per heavy atom. The lowest BCUT2D eigenvalue weighted by molar-refractivity contribution is 0.322. The van der Waals surface area contributed by atoms with Crippen molar-refractivity contribution in [2.75, 3.05) is 13.2 Å². The molecule has 1 heterocycles. The molecule has 1 aliphatic rings. The highest BCUT2D eigenvalue weighted by Crippen LogP contribution is 2.29. The molecule has 1 N–H and O–H groups in total. The van der Waals surface area contributed by atoms with E-state index in [0.717, 1.165) is 18.9 Å². The second-order valence-electron chi connectivity index (χ2n) is 3.52. The Bertz CT molecular complexity index is 309. The molecule has 0 radical (unpaired) electrons. The normalized spacial score (nSPS) is 21.5. The van der Waals surface area contributed by atoms with E-state index < -0.39 is 0 Å². The molecule has 13 heavy (non-hydrogen) atoms. The van der Waals surface area contributed by atoms with E-state index in [4.69, 9.17) is 4.74 Å². The van der Waals surface area contributed by atoms with Gasteiger partial charge in [0.25, 0.3) is 0 Å². The van der Waals surface area contributed by atoms with Gasteiger partial charge >= 0.3 is 0 Å².